The zero-order valence-electron chi connectivity index (χ0n) is 13.7. The number of Topliss-reactive ketones (excluding diaryl/α,β-unsaturated/α-hetero) is 1. The first kappa shape index (κ1) is 15.5. The highest BCUT2D eigenvalue weighted by molar-refractivity contribution is 6.70. The van der Waals surface area contributed by atoms with Gasteiger partial charge in [0.1, 0.15) is 0 Å². The zero-order chi connectivity index (χ0) is 16.8. The van der Waals surface area contributed by atoms with Gasteiger partial charge in [0.15, 0.2) is 5.60 Å². The van der Waals surface area contributed by atoms with Crippen molar-refractivity contribution in [1.29, 1.82) is 0 Å². The maximum Gasteiger partial charge on any atom is 0.249 e. The van der Waals surface area contributed by atoms with Crippen molar-refractivity contribution in [3.8, 4) is 0 Å². The predicted octanol–water partition coefficient (Wildman–Crippen LogP) is 3.03. The van der Waals surface area contributed by atoms with E-state index in [1.807, 2.05) is 43.9 Å². The highest BCUT2D eigenvalue weighted by Gasteiger charge is 2.49. The van der Waals surface area contributed by atoms with E-state index in [1.165, 1.54) is 0 Å². The quantitative estimate of drug-likeness (QED) is 0.877. The second-order valence-electron chi connectivity index (χ2n) is 6.75. The topological polar surface area (TPSA) is 74.4 Å². The van der Waals surface area contributed by atoms with E-state index in [0.29, 0.717) is 0 Å². The first-order chi connectivity index (χ1) is 10.7. The maximum atomic E-state index is 13.0. The molecule has 5 nitrogen and oxygen atoms in total. The van der Waals surface area contributed by atoms with Crippen LogP contribution in [0, 0.1) is 0 Å². The van der Waals surface area contributed by atoms with Gasteiger partial charge in [0.2, 0.25) is 25.7 Å². The molecule has 1 aromatic heterocycles. The van der Waals surface area contributed by atoms with E-state index in [0.717, 1.165) is 16.5 Å². The number of ether oxygens (including phenoxy) is 1. The lowest BCUT2D eigenvalue weighted by molar-refractivity contribution is -0.131. The van der Waals surface area contributed by atoms with Gasteiger partial charge in [-0.15, -0.1) is 0 Å². The second-order valence-corrected chi connectivity index (χ2v) is 11.2. The molecule has 2 aromatic rings. The Bertz CT molecular complexity index is 821. The molecule has 0 bridgehead atoms. The molecule has 120 valence electrons. The van der Waals surface area contributed by atoms with Gasteiger partial charge < -0.3 is 14.9 Å². The SMILES string of the molecule is CC1(c2ccnc3ccccc23)OC(N)=C(O[Si](C)(C)C)C1=O. The lowest BCUT2D eigenvalue weighted by Gasteiger charge is -2.25. The summed E-state index contributed by atoms with van der Waals surface area (Å²) < 4.78 is 11.6. The summed E-state index contributed by atoms with van der Waals surface area (Å²) in [6, 6.07) is 9.44. The minimum absolute atomic E-state index is 0.0563. The van der Waals surface area contributed by atoms with E-state index in [9.17, 15) is 4.79 Å². The van der Waals surface area contributed by atoms with Gasteiger partial charge in [-0.2, -0.15) is 0 Å². The van der Waals surface area contributed by atoms with E-state index in [1.54, 1.807) is 19.2 Å². The van der Waals surface area contributed by atoms with Crippen LogP contribution in [0.5, 0.6) is 0 Å². The molecule has 0 spiro atoms. The molecule has 0 aliphatic carbocycles. The number of benzene rings is 1. The average Bonchev–Trinajstić information content (AvgIpc) is 2.70. The van der Waals surface area contributed by atoms with Crippen LogP contribution >= 0.6 is 0 Å². The molecule has 1 aliphatic heterocycles. The van der Waals surface area contributed by atoms with Crippen molar-refractivity contribution in [2.24, 2.45) is 5.73 Å². The fraction of sp³-hybridized carbons (Fsp3) is 0.294. The lowest BCUT2D eigenvalue weighted by Crippen LogP contribution is -2.34. The Morgan fingerprint density at radius 3 is 2.61 bits per heavy atom. The van der Waals surface area contributed by atoms with Crippen LogP contribution in [0.25, 0.3) is 10.9 Å². The summed E-state index contributed by atoms with van der Waals surface area (Å²) in [4.78, 5) is 17.3. The summed E-state index contributed by atoms with van der Waals surface area (Å²) in [5.74, 6) is -0.0397. The molecule has 0 saturated carbocycles. The van der Waals surface area contributed by atoms with Crippen LogP contribution in [0.2, 0.25) is 19.6 Å². The highest BCUT2D eigenvalue weighted by atomic mass is 28.4. The Morgan fingerprint density at radius 1 is 1.22 bits per heavy atom. The number of hydrogen-bond acceptors (Lipinski definition) is 5. The fourth-order valence-electron chi connectivity index (χ4n) is 2.73. The molecular weight excluding hydrogens is 308 g/mol. The Balaban J connectivity index is 2.09. The number of para-hydroxylation sites is 1. The van der Waals surface area contributed by atoms with Crippen LogP contribution in [0.15, 0.2) is 48.2 Å². The molecule has 1 aromatic carbocycles. The van der Waals surface area contributed by atoms with Crippen molar-refractivity contribution < 1.29 is 14.0 Å². The minimum atomic E-state index is -1.97. The summed E-state index contributed by atoms with van der Waals surface area (Å²) in [6.45, 7) is 7.72. The van der Waals surface area contributed by atoms with Gasteiger partial charge in [-0.3, -0.25) is 9.78 Å². The van der Waals surface area contributed by atoms with Crippen molar-refractivity contribution in [2.75, 3.05) is 0 Å². The summed E-state index contributed by atoms with van der Waals surface area (Å²) in [5, 5.41) is 0.868. The van der Waals surface area contributed by atoms with Crippen molar-refractivity contribution in [2.45, 2.75) is 32.2 Å². The second kappa shape index (κ2) is 5.09. The van der Waals surface area contributed by atoms with Crippen LogP contribution in [0.3, 0.4) is 0 Å². The number of nitrogens with two attached hydrogens (primary N) is 1. The Labute approximate surface area is 136 Å². The molecule has 2 N–H and O–H groups in total. The summed E-state index contributed by atoms with van der Waals surface area (Å²) in [6.07, 6.45) is 1.67. The molecule has 3 rings (SSSR count). The van der Waals surface area contributed by atoms with E-state index in [-0.39, 0.29) is 17.4 Å². The molecule has 6 heteroatoms. The fourth-order valence-corrected chi connectivity index (χ4v) is 3.54. The monoisotopic (exact) mass is 328 g/mol. The van der Waals surface area contributed by atoms with E-state index < -0.39 is 13.9 Å². The third-order valence-corrected chi connectivity index (χ3v) is 4.57. The molecule has 0 amide bonds. The number of nitrogens with zero attached hydrogens (tertiary/aromatic N) is 1. The van der Waals surface area contributed by atoms with Gasteiger partial charge in [0, 0.05) is 17.1 Å². The van der Waals surface area contributed by atoms with Gasteiger partial charge in [-0.1, -0.05) is 18.2 Å². The maximum absolute atomic E-state index is 13.0. The molecule has 0 saturated heterocycles. The minimum Gasteiger partial charge on any atom is -0.538 e. The van der Waals surface area contributed by atoms with Gasteiger partial charge in [0.25, 0.3) is 0 Å². The first-order valence-electron chi connectivity index (χ1n) is 7.49. The lowest BCUT2D eigenvalue weighted by atomic mass is 9.89. The normalized spacial score (nSPS) is 21.7. The van der Waals surface area contributed by atoms with Crippen molar-refractivity contribution in [3.05, 3.63) is 53.7 Å². The number of aromatic nitrogens is 1. The van der Waals surface area contributed by atoms with Gasteiger partial charge >= 0.3 is 0 Å². The number of pyridine rings is 1. The molecule has 1 atom stereocenters. The molecule has 23 heavy (non-hydrogen) atoms. The number of hydrogen-bond donors (Lipinski definition) is 1. The Kier molecular flexibility index (Phi) is 3.44. The number of rotatable bonds is 3. The third kappa shape index (κ3) is 2.59. The summed E-state index contributed by atoms with van der Waals surface area (Å²) >= 11 is 0. The number of fused-ring (bicyclic) bond motifs is 1. The van der Waals surface area contributed by atoms with Gasteiger partial charge in [0.05, 0.1) is 5.52 Å². The smallest absolute Gasteiger partial charge is 0.249 e. The van der Waals surface area contributed by atoms with Crippen molar-refractivity contribution in [1.82, 2.24) is 4.98 Å². The van der Waals surface area contributed by atoms with Crippen LogP contribution < -0.4 is 5.73 Å². The third-order valence-electron chi connectivity index (χ3n) is 3.75. The molecule has 1 aliphatic rings. The Hall–Kier alpha value is -2.34. The summed E-state index contributed by atoms with van der Waals surface area (Å²) in [5.41, 5.74) is 6.31. The van der Waals surface area contributed by atoms with Crippen LogP contribution in [0.1, 0.15) is 12.5 Å². The highest BCUT2D eigenvalue weighted by Crippen LogP contribution is 2.40. The van der Waals surface area contributed by atoms with Crippen LogP contribution in [-0.4, -0.2) is 19.1 Å². The molecule has 2 heterocycles. The standard InChI is InChI=1S/C17H20N2O3Si/c1-17(12-9-10-19-13-8-6-5-7-11(12)13)15(20)14(16(18)21-17)22-23(2,3)4/h5-10H,18H2,1-4H3. The number of carbonyl (C=O) groups excluding carboxylic acids is 1. The van der Waals surface area contributed by atoms with E-state index in [2.05, 4.69) is 4.98 Å². The molecule has 0 fully saturated rings. The van der Waals surface area contributed by atoms with Crippen LogP contribution in [-0.2, 0) is 19.6 Å². The molecular formula is C17H20N2O3Si. The van der Waals surface area contributed by atoms with Gasteiger partial charge in [-0.25, -0.2) is 0 Å². The van der Waals surface area contributed by atoms with E-state index in [4.69, 9.17) is 14.9 Å². The van der Waals surface area contributed by atoms with Crippen LogP contribution in [0.4, 0.5) is 0 Å². The predicted molar refractivity (Wildman–Crippen MR) is 90.8 cm³/mol. The van der Waals surface area contributed by atoms with Crippen molar-refractivity contribution in [3.63, 3.8) is 0 Å². The number of carbonyl (C=O) groups is 1. The van der Waals surface area contributed by atoms with Crippen molar-refractivity contribution >= 4 is 25.0 Å². The number of ketones is 1. The Morgan fingerprint density at radius 2 is 1.91 bits per heavy atom. The zero-order valence-corrected chi connectivity index (χ0v) is 14.7. The molecule has 0 radical (unpaired) electrons. The first-order valence-corrected chi connectivity index (χ1v) is 10.9. The average molecular weight is 328 g/mol. The summed E-state index contributed by atoms with van der Waals surface area (Å²) in [7, 11) is -1.97. The van der Waals surface area contributed by atoms with E-state index >= 15 is 0 Å². The largest absolute Gasteiger partial charge is 0.538 e. The molecule has 1 unspecified atom stereocenters. The van der Waals surface area contributed by atoms with Gasteiger partial charge in [-0.05, 0) is 38.7 Å².